The fourth-order valence-electron chi connectivity index (χ4n) is 3.99. The number of benzene rings is 1. The van der Waals surface area contributed by atoms with Crippen LogP contribution in [-0.2, 0) is 11.2 Å². The van der Waals surface area contributed by atoms with E-state index in [2.05, 4.69) is 53.4 Å². The molecule has 3 rings (SSSR count). The van der Waals surface area contributed by atoms with E-state index in [1.165, 1.54) is 22.0 Å². The van der Waals surface area contributed by atoms with E-state index >= 15 is 0 Å². The molecule has 146 valence electrons. The first-order chi connectivity index (χ1) is 13.1. The van der Waals surface area contributed by atoms with Gasteiger partial charge in [-0.25, -0.2) is 0 Å². The van der Waals surface area contributed by atoms with Crippen LogP contribution in [-0.4, -0.2) is 47.9 Å². The van der Waals surface area contributed by atoms with Crippen LogP contribution in [0.4, 0.5) is 0 Å². The number of carbonyl (C=O) groups excluding carboxylic acids is 1. The summed E-state index contributed by atoms with van der Waals surface area (Å²) in [4.78, 5) is 21.8. The number of aryl methyl sites for hydroxylation is 1. The van der Waals surface area contributed by atoms with Crippen LogP contribution in [0.1, 0.15) is 37.3 Å². The maximum absolute atomic E-state index is 11.3. The molecule has 27 heavy (non-hydrogen) atoms. The summed E-state index contributed by atoms with van der Waals surface area (Å²) in [5.74, 6) is 1.07. The number of piperidine rings is 1. The predicted molar refractivity (Wildman–Crippen MR) is 111 cm³/mol. The minimum atomic E-state index is -0.210. The van der Waals surface area contributed by atoms with Crippen molar-refractivity contribution >= 4 is 22.8 Å². The molecule has 1 aromatic heterocycles. The minimum Gasteiger partial charge on any atom is -0.370 e. The number of hydrogen-bond acceptors (Lipinski definition) is 2. The highest BCUT2D eigenvalue weighted by molar-refractivity contribution is 5.86. The quantitative estimate of drug-likeness (QED) is 0.540. The molecule has 6 heteroatoms. The largest absolute Gasteiger partial charge is 0.370 e. The van der Waals surface area contributed by atoms with Crippen LogP contribution in [0.2, 0.25) is 0 Å². The van der Waals surface area contributed by atoms with Crippen molar-refractivity contribution in [3.63, 3.8) is 0 Å². The zero-order chi connectivity index (χ0) is 19.2. The van der Waals surface area contributed by atoms with Crippen molar-refractivity contribution in [2.75, 3.05) is 26.2 Å². The van der Waals surface area contributed by atoms with E-state index in [4.69, 9.17) is 10.7 Å². The number of fused-ring (bicyclic) bond motifs is 1. The van der Waals surface area contributed by atoms with Gasteiger partial charge in [0.15, 0.2) is 5.96 Å². The Morgan fingerprint density at radius 1 is 1.44 bits per heavy atom. The summed E-state index contributed by atoms with van der Waals surface area (Å²) in [5, 5.41) is 4.69. The number of H-pyrrole nitrogens is 1. The van der Waals surface area contributed by atoms with E-state index in [0.29, 0.717) is 12.3 Å². The van der Waals surface area contributed by atoms with Crippen molar-refractivity contribution in [3.8, 4) is 0 Å². The zero-order valence-corrected chi connectivity index (χ0v) is 16.4. The van der Waals surface area contributed by atoms with Gasteiger partial charge in [0.25, 0.3) is 0 Å². The number of nitrogens with two attached hydrogens (primary N) is 1. The van der Waals surface area contributed by atoms with Crippen LogP contribution in [0.15, 0.2) is 29.4 Å². The summed E-state index contributed by atoms with van der Waals surface area (Å²) in [6, 6.07) is 6.40. The molecule has 1 aliphatic rings. The Bertz CT molecular complexity index is 810. The molecule has 0 bridgehead atoms. The monoisotopic (exact) mass is 369 g/mol. The molecule has 2 aromatic rings. The number of para-hydroxylation sites is 1. The molecule has 6 nitrogen and oxygen atoms in total. The fourth-order valence-corrected chi connectivity index (χ4v) is 3.99. The maximum Gasteiger partial charge on any atom is 0.217 e. The highest BCUT2D eigenvalue weighted by atomic mass is 16.1. The Kier molecular flexibility index (Phi) is 6.37. The molecule has 0 saturated carbocycles. The van der Waals surface area contributed by atoms with Crippen molar-refractivity contribution in [1.82, 2.24) is 15.2 Å². The smallest absolute Gasteiger partial charge is 0.217 e. The number of guanidine groups is 1. The molecule has 1 saturated heterocycles. The summed E-state index contributed by atoms with van der Waals surface area (Å²) in [5.41, 5.74) is 9.18. The average Bonchev–Trinajstić information content (AvgIpc) is 3.05. The number of rotatable bonds is 6. The Hall–Kier alpha value is -2.50. The number of aliphatic imine (C=N–C) groups is 1. The molecule has 1 aliphatic heterocycles. The third-order valence-corrected chi connectivity index (χ3v) is 5.30. The number of nitrogens with one attached hydrogen (secondary N) is 2. The van der Waals surface area contributed by atoms with Crippen molar-refractivity contribution in [2.45, 2.75) is 39.5 Å². The summed E-state index contributed by atoms with van der Waals surface area (Å²) in [7, 11) is 0. The molecule has 1 atom stereocenters. The molecular weight excluding hydrogens is 338 g/mol. The average molecular weight is 370 g/mol. The highest BCUT2D eigenvalue weighted by Gasteiger charge is 2.23. The summed E-state index contributed by atoms with van der Waals surface area (Å²) in [6.07, 6.45) is 5.60. The van der Waals surface area contributed by atoms with Crippen molar-refractivity contribution in [3.05, 3.63) is 35.5 Å². The van der Waals surface area contributed by atoms with Gasteiger partial charge < -0.3 is 20.9 Å². The fraction of sp³-hybridized carbons (Fsp3) is 0.524. The van der Waals surface area contributed by atoms with Gasteiger partial charge in [0.1, 0.15) is 0 Å². The van der Waals surface area contributed by atoms with E-state index in [9.17, 15) is 4.79 Å². The number of carbonyl (C=O) groups is 1. The number of aromatic amines is 1. The number of nitrogens with zero attached hydrogens (tertiary/aromatic N) is 2. The summed E-state index contributed by atoms with van der Waals surface area (Å²) < 4.78 is 0. The lowest BCUT2D eigenvalue weighted by molar-refractivity contribution is -0.119. The second kappa shape index (κ2) is 8.93. The Labute approximate surface area is 161 Å². The summed E-state index contributed by atoms with van der Waals surface area (Å²) >= 11 is 0. The third kappa shape index (κ3) is 4.81. The van der Waals surface area contributed by atoms with Crippen molar-refractivity contribution in [1.29, 1.82) is 0 Å². The number of amides is 1. The van der Waals surface area contributed by atoms with Gasteiger partial charge in [0, 0.05) is 49.7 Å². The predicted octanol–water partition coefficient (Wildman–Crippen LogP) is 2.57. The summed E-state index contributed by atoms with van der Waals surface area (Å²) in [6.45, 7) is 7.61. The number of likely N-dealkylation sites (tertiary alicyclic amines) is 1. The molecule has 1 aromatic carbocycles. The molecule has 0 radical (unpaired) electrons. The number of primary amides is 1. The molecule has 4 N–H and O–H groups in total. The standard InChI is InChI=1S/C21H31N5O/c1-3-23-21(26-11-5-7-16(14-26)12-19(22)27)24-10-9-17-13-25-20-15(2)6-4-8-18(17)20/h4,6,8,13,16,25H,3,5,7,9-12,14H2,1-2H3,(H2,22,27)(H,23,24). The van der Waals surface area contributed by atoms with Gasteiger partial charge >= 0.3 is 0 Å². The zero-order valence-electron chi connectivity index (χ0n) is 16.4. The van der Waals surface area contributed by atoms with Crippen LogP contribution in [0.25, 0.3) is 10.9 Å². The van der Waals surface area contributed by atoms with E-state index in [1.807, 2.05) is 0 Å². The van der Waals surface area contributed by atoms with Gasteiger partial charge in [-0.1, -0.05) is 18.2 Å². The first-order valence-electron chi connectivity index (χ1n) is 9.95. The molecule has 2 heterocycles. The molecular formula is C21H31N5O. The first-order valence-corrected chi connectivity index (χ1v) is 9.95. The van der Waals surface area contributed by atoms with Gasteiger partial charge in [-0.2, -0.15) is 0 Å². The van der Waals surface area contributed by atoms with Crippen LogP contribution in [0.5, 0.6) is 0 Å². The first kappa shape index (κ1) is 19.3. The lowest BCUT2D eigenvalue weighted by Crippen LogP contribution is -2.47. The van der Waals surface area contributed by atoms with Gasteiger partial charge in [0.2, 0.25) is 5.91 Å². The van der Waals surface area contributed by atoms with Gasteiger partial charge in [-0.3, -0.25) is 9.79 Å². The molecule has 1 fully saturated rings. The van der Waals surface area contributed by atoms with Crippen LogP contribution in [0.3, 0.4) is 0 Å². The number of hydrogen-bond donors (Lipinski definition) is 3. The second-order valence-electron chi connectivity index (χ2n) is 7.42. The molecule has 0 aliphatic carbocycles. The van der Waals surface area contributed by atoms with Crippen LogP contribution in [0, 0.1) is 12.8 Å². The van der Waals surface area contributed by atoms with E-state index < -0.39 is 0 Å². The molecule has 1 amide bonds. The van der Waals surface area contributed by atoms with Gasteiger partial charge in [0.05, 0.1) is 0 Å². The Balaban J connectivity index is 1.66. The number of aromatic nitrogens is 1. The van der Waals surface area contributed by atoms with Crippen molar-refractivity contribution in [2.24, 2.45) is 16.6 Å². The highest BCUT2D eigenvalue weighted by Crippen LogP contribution is 2.22. The normalized spacial score (nSPS) is 18.1. The Morgan fingerprint density at radius 2 is 2.30 bits per heavy atom. The third-order valence-electron chi connectivity index (χ3n) is 5.30. The molecule has 0 spiro atoms. The van der Waals surface area contributed by atoms with Gasteiger partial charge in [-0.15, -0.1) is 0 Å². The molecule has 1 unspecified atom stereocenters. The Morgan fingerprint density at radius 3 is 3.07 bits per heavy atom. The van der Waals surface area contributed by atoms with E-state index in [1.54, 1.807) is 0 Å². The van der Waals surface area contributed by atoms with E-state index in [-0.39, 0.29) is 5.91 Å². The SMILES string of the molecule is CCNC(=NCCc1c[nH]c2c(C)cccc12)N1CCCC(CC(N)=O)C1. The minimum absolute atomic E-state index is 0.210. The van der Waals surface area contributed by atoms with E-state index in [0.717, 1.165) is 51.4 Å². The maximum atomic E-state index is 11.3. The topological polar surface area (TPSA) is 86.5 Å². The lowest BCUT2D eigenvalue weighted by atomic mass is 9.95. The second-order valence-corrected chi connectivity index (χ2v) is 7.42. The van der Waals surface area contributed by atoms with Crippen LogP contribution >= 0.6 is 0 Å². The lowest BCUT2D eigenvalue weighted by Gasteiger charge is -2.34. The van der Waals surface area contributed by atoms with Gasteiger partial charge in [-0.05, 0) is 50.2 Å². The van der Waals surface area contributed by atoms with Crippen molar-refractivity contribution < 1.29 is 4.79 Å². The van der Waals surface area contributed by atoms with Crippen LogP contribution < -0.4 is 11.1 Å².